The van der Waals surface area contributed by atoms with Crippen molar-refractivity contribution in [3.8, 4) is 0 Å². The summed E-state index contributed by atoms with van der Waals surface area (Å²) in [4.78, 5) is 21.4. The Balaban J connectivity index is 1.58. The second-order valence-electron chi connectivity index (χ2n) is 6.21. The number of hydrogen-bond donors (Lipinski definition) is 1. The summed E-state index contributed by atoms with van der Waals surface area (Å²) in [6.45, 7) is 5.63. The minimum Gasteiger partial charge on any atom is -0.367 e. The molecule has 1 aliphatic heterocycles. The van der Waals surface area contributed by atoms with Gasteiger partial charge in [0, 0.05) is 30.9 Å². The number of nitrogens with one attached hydrogen (secondary N) is 1. The third-order valence-electron chi connectivity index (χ3n) is 4.35. The lowest BCUT2D eigenvalue weighted by Crippen LogP contribution is -2.39. The number of piperidine rings is 1. The summed E-state index contributed by atoms with van der Waals surface area (Å²) in [5.74, 6) is 1.72. The molecule has 0 radical (unpaired) electrons. The van der Waals surface area contributed by atoms with E-state index in [-0.39, 0.29) is 5.69 Å². The summed E-state index contributed by atoms with van der Waals surface area (Å²) in [5.41, 5.74) is 1.84. The maximum absolute atomic E-state index is 10.8. The highest BCUT2D eigenvalue weighted by Crippen LogP contribution is 2.23. The zero-order valence-corrected chi connectivity index (χ0v) is 13.9. The van der Waals surface area contributed by atoms with Crippen LogP contribution in [0.25, 0.3) is 0 Å². The van der Waals surface area contributed by atoms with Crippen LogP contribution in [0.15, 0.2) is 30.6 Å². The molecule has 0 bridgehead atoms. The number of anilines is 2. The van der Waals surface area contributed by atoms with Gasteiger partial charge in [-0.3, -0.25) is 10.1 Å². The van der Waals surface area contributed by atoms with Crippen molar-refractivity contribution in [2.24, 2.45) is 0 Å². The molecule has 1 fully saturated rings. The number of nitrogens with zero attached hydrogens (tertiary/aromatic N) is 4. The van der Waals surface area contributed by atoms with Crippen LogP contribution in [0.2, 0.25) is 0 Å². The van der Waals surface area contributed by atoms with Crippen LogP contribution >= 0.6 is 0 Å². The Kier molecular flexibility index (Phi) is 4.59. The second kappa shape index (κ2) is 6.82. The Hall–Kier alpha value is -2.70. The number of aromatic nitrogens is 2. The molecule has 2 aromatic heterocycles. The molecule has 2 aromatic rings. The van der Waals surface area contributed by atoms with Crippen molar-refractivity contribution in [3.05, 3.63) is 51.8 Å². The largest absolute Gasteiger partial charge is 0.367 e. The Morgan fingerprint density at radius 2 is 1.96 bits per heavy atom. The van der Waals surface area contributed by atoms with E-state index in [0.29, 0.717) is 17.4 Å². The van der Waals surface area contributed by atoms with Crippen LogP contribution < -0.4 is 10.2 Å². The number of pyridine rings is 2. The zero-order valence-electron chi connectivity index (χ0n) is 13.9. The first-order valence-electron chi connectivity index (χ1n) is 8.08. The lowest BCUT2D eigenvalue weighted by molar-refractivity contribution is -0.385. The van der Waals surface area contributed by atoms with E-state index in [1.165, 1.54) is 6.20 Å². The lowest BCUT2D eigenvalue weighted by Gasteiger charge is -2.33. The summed E-state index contributed by atoms with van der Waals surface area (Å²) in [6, 6.07) is 6.20. The van der Waals surface area contributed by atoms with E-state index in [0.717, 1.165) is 37.3 Å². The second-order valence-corrected chi connectivity index (χ2v) is 6.21. The Labute approximate surface area is 140 Å². The molecule has 3 heterocycles. The van der Waals surface area contributed by atoms with Crippen LogP contribution in [0.5, 0.6) is 0 Å². The van der Waals surface area contributed by atoms with Gasteiger partial charge in [0.05, 0.1) is 4.92 Å². The molecule has 24 heavy (non-hydrogen) atoms. The first kappa shape index (κ1) is 16.2. The minimum atomic E-state index is -0.404. The number of aryl methyl sites for hydroxylation is 2. The average Bonchev–Trinajstić information content (AvgIpc) is 2.56. The van der Waals surface area contributed by atoms with Gasteiger partial charge in [0.25, 0.3) is 5.69 Å². The van der Waals surface area contributed by atoms with E-state index >= 15 is 0 Å². The van der Waals surface area contributed by atoms with E-state index in [1.807, 2.05) is 13.1 Å². The summed E-state index contributed by atoms with van der Waals surface area (Å²) < 4.78 is 0. The standard InChI is InChI=1S/C17H21N5O2/c1-12-3-4-17(19-10-12)21-7-5-14(6-8-21)20-16-9-13(2)15(11-18-16)22(23)24/h3-4,9-11,14H,5-8H2,1-2H3,(H,18,20). The predicted octanol–water partition coefficient (Wildman–Crippen LogP) is 3.08. The molecule has 0 saturated carbocycles. The van der Waals surface area contributed by atoms with Crippen molar-refractivity contribution in [1.82, 2.24) is 9.97 Å². The predicted molar refractivity (Wildman–Crippen MR) is 93.5 cm³/mol. The van der Waals surface area contributed by atoms with Crippen LogP contribution in [0.4, 0.5) is 17.3 Å². The van der Waals surface area contributed by atoms with Gasteiger partial charge in [-0.25, -0.2) is 9.97 Å². The van der Waals surface area contributed by atoms with Crippen molar-refractivity contribution in [3.63, 3.8) is 0 Å². The van der Waals surface area contributed by atoms with E-state index in [4.69, 9.17) is 0 Å². The molecule has 7 nitrogen and oxygen atoms in total. The van der Waals surface area contributed by atoms with Gasteiger partial charge in [0.1, 0.15) is 17.8 Å². The topological polar surface area (TPSA) is 84.2 Å². The molecule has 7 heteroatoms. The van der Waals surface area contributed by atoms with Gasteiger partial charge in [-0.05, 0) is 44.4 Å². The molecule has 1 saturated heterocycles. The summed E-state index contributed by atoms with van der Waals surface area (Å²) in [6.07, 6.45) is 5.17. The number of rotatable bonds is 4. The van der Waals surface area contributed by atoms with Crippen LogP contribution in [-0.2, 0) is 0 Å². The van der Waals surface area contributed by atoms with E-state index in [1.54, 1.807) is 13.0 Å². The highest BCUT2D eigenvalue weighted by molar-refractivity contribution is 5.47. The maximum Gasteiger partial charge on any atom is 0.290 e. The smallest absolute Gasteiger partial charge is 0.290 e. The lowest BCUT2D eigenvalue weighted by atomic mass is 10.0. The fourth-order valence-corrected chi connectivity index (χ4v) is 2.93. The highest BCUT2D eigenvalue weighted by Gasteiger charge is 2.21. The van der Waals surface area contributed by atoms with Crippen LogP contribution in [-0.4, -0.2) is 34.0 Å². The van der Waals surface area contributed by atoms with Crippen LogP contribution in [0.3, 0.4) is 0 Å². The zero-order chi connectivity index (χ0) is 17.1. The van der Waals surface area contributed by atoms with Crippen molar-refractivity contribution in [2.45, 2.75) is 32.7 Å². The van der Waals surface area contributed by atoms with Crippen molar-refractivity contribution in [1.29, 1.82) is 0 Å². The molecule has 126 valence electrons. The fraction of sp³-hybridized carbons (Fsp3) is 0.412. The highest BCUT2D eigenvalue weighted by atomic mass is 16.6. The fourth-order valence-electron chi connectivity index (χ4n) is 2.93. The third-order valence-corrected chi connectivity index (χ3v) is 4.35. The molecule has 3 rings (SSSR count). The molecule has 1 N–H and O–H groups in total. The molecule has 0 amide bonds. The SMILES string of the molecule is Cc1ccc(N2CCC(Nc3cc(C)c([N+](=O)[O-])cn3)CC2)nc1. The Bertz CT molecular complexity index is 724. The van der Waals surface area contributed by atoms with Gasteiger partial charge in [0.15, 0.2) is 0 Å². The molecule has 0 spiro atoms. The molecular weight excluding hydrogens is 306 g/mol. The van der Waals surface area contributed by atoms with Gasteiger partial charge in [-0.2, -0.15) is 0 Å². The van der Waals surface area contributed by atoms with E-state index < -0.39 is 4.92 Å². The maximum atomic E-state index is 10.8. The third kappa shape index (κ3) is 3.61. The van der Waals surface area contributed by atoms with Gasteiger partial charge in [0.2, 0.25) is 0 Å². The normalized spacial score (nSPS) is 15.3. The first-order chi connectivity index (χ1) is 11.5. The Morgan fingerprint density at radius 1 is 1.21 bits per heavy atom. The van der Waals surface area contributed by atoms with Crippen molar-refractivity contribution < 1.29 is 4.92 Å². The molecule has 0 aliphatic carbocycles. The number of nitro groups is 1. The Morgan fingerprint density at radius 3 is 2.54 bits per heavy atom. The number of hydrogen-bond acceptors (Lipinski definition) is 6. The van der Waals surface area contributed by atoms with Crippen molar-refractivity contribution in [2.75, 3.05) is 23.3 Å². The first-order valence-corrected chi connectivity index (χ1v) is 8.08. The summed E-state index contributed by atoms with van der Waals surface area (Å²) >= 11 is 0. The molecule has 0 unspecified atom stereocenters. The molecule has 0 aromatic carbocycles. The van der Waals surface area contributed by atoms with E-state index in [9.17, 15) is 10.1 Å². The molecule has 1 aliphatic rings. The quantitative estimate of drug-likeness (QED) is 0.686. The van der Waals surface area contributed by atoms with Gasteiger partial charge in [-0.15, -0.1) is 0 Å². The van der Waals surface area contributed by atoms with Gasteiger partial charge >= 0.3 is 0 Å². The minimum absolute atomic E-state index is 0.0563. The monoisotopic (exact) mass is 327 g/mol. The van der Waals surface area contributed by atoms with Crippen LogP contribution in [0.1, 0.15) is 24.0 Å². The molecular formula is C17H21N5O2. The molecule has 0 atom stereocenters. The van der Waals surface area contributed by atoms with E-state index in [2.05, 4.69) is 32.3 Å². The van der Waals surface area contributed by atoms with Crippen molar-refractivity contribution >= 4 is 17.3 Å². The van der Waals surface area contributed by atoms with Gasteiger partial charge < -0.3 is 10.2 Å². The average molecular weight is 327 g/mol. The van der Waals surface area contributed by atoms with Crippen LogP contribution in [0, 0.1) is 24.0 Å². The van der Waals surface area contributed by atoms with Gasteiger partial charge in [-0.1, -0.05) is 6.07 Å². The summed E-state index contributed by atoms with van der Waals surface area (Å²) in [5, 5.41) is 14.2. The summed E-state index contributed by atoms with van der Waals surface area (Å²) in [7, 11) is 0.